The van der Waals surface area contributed by atoms with Crippen LogP contribution in [0.1, 0.15) is 36.8 Å². The molecule has 122 valence electrons. The summed E-state index contributed by atoms with van der Waals surface area (Å²) in [6, 6.07) is 18.8. The van der Waals surface area contributed by atoms with Crippen molar-refractivity contribution in [3.05, 3.63) is 59.7 Å². The Hall–Kier alpha value is -2.98. The molecule has 0 saturated carbocycles. The largest absolute Gasteiger partial charge is 0.492 e. The van der Waals surface area contributed by atoms with Gasteiger partial charge in [-0.3, -0.25) is 0 Å². The van der Waals surface area contributed by atoms with E-state index in [0.29, 0.717) is 35.8 Å². The van der Waals surface area contributed by atoms with Gasteiger partial charge in [0.2, 0.25) is 0 Å². The molecule has 0 aromatic heterocycles. The number of para-hydroxylation sites is 2. The third-order valence-electron chi connectivity index (χ3n) is 3.57. The molecule has 2 aromatic carbocycles. The van der Waals surface area contributed by atoms with E-state index in [1.54, 1.807) is 12.1 Å². The first-order chi connectivity index (χ1) is 11.8. The highest BCUT2D eigenvalue weighted by Crippen LogP contribution is 2.18. The maximum atomic E-state index is 8.99. The lowest BCUT2D eigenvalue weighted by atomic mass is 10.2. The van der Waals surface area contributed by atoms with Crippen LogP contribution in [0.3, 0.4) is 0 Å². The number of rotatable bonds is 9. The third-order valence-corrected chi connectivity index (χ3v) is 3.57. The highest BCUT2D eigenvalue weighted by molar-refractivity contribution is 5.43. The van der Waals surface area contributed by atoms with Crippen LogP contribution in [-0.4, -0.2) is 13.2 Å². The predicted molar refractivity (Wildman–Crippen MR) is 91.8 cm³/mol. The number of ether oxygens (including phenoxy) is 2. The molecule has 24 heavy (non-hydrogen) atoms. The standard InChI is InChI=1S/C20H20N2O2/c21-15-17-9-3-5-11-19(17)23-13-7-1-2-8-14-24-20-12-6-4-10-18(20)16-22/h3-6,9-12H,1-2,7-8,13-14H2. The molecule has 0 aliphatic rings. The van der Waals surface area contributed by atoms with Crippen molar-refractivity contribution in [3.63, 3.8) is 0 Å². The van der Waals surface area contributed by atoms with Gasteiger partial charge in [-0.2, -0.15) is 10.5 Å². The minimum absolute atomic E-state index is 0.571. The first-order valence-corrected chi connectivity index (χ1v) is 8.09. The van der Waals surface area contributed by atoms with Gasteiger partial charge in [0.05, 0.1) is 24.3 Å². The van der Waals surface area contributed by atoms with Crippen LogP contribution in [0.15, 0.2) is 48.5 Å². The maximum absolute atomic E-state index is 8.99. The lowest BCUT2D eigenvalue weighted by Gasteiger charge is -2.08. The van der Waals surface area contributed by atoms with Crippen LogP contribution in [0, 0.1) is 22.7 Å². The van der Waals surface area contributed by atoms with Gasteiger partial charge in [0, 0.05) is 0 Å². The second-order valence-electron chi connectivity index (χ2n) is 5.33. The Labute approximate surface area is 142 Å². The van der Waals surface area contributed by atoms with E-state index in [0.717, 1.165) is 25.7 Å². The minimum Gasteiger partial charge on any atom is -0.492 e. The van der Waals surface area contributed by atoms with Crippen molar-refractivity contribution in [2.45, 2.75) is 25.7 Å². The maximum Gasteiger partial charge on any atom is 0.137 e. The molecule has 0 spiro atoms. The molecule has 0 atom stereocenters. The average molecular weight is 320 g/mol. The zero-order valence-electron chi connectivity index (χ0n) is 13.6. The normalized spacial score (nSPS) is 9.75. The Bertz CT molecular complexity index is 665. The molecule has 2 aromatic rings. The van der Waals surface area contributed by atoms with E-state index in [9.17, 15) is 0 Å². The van der Waals surface area contributed by atoms with Crippen LogP contribution in [0.2, 0.25) is 0 Å². The van der Waals surface area contributed by atoms with E-state index in [1.165, 1.54) is 0 Å². The summed E-state index contributed by atoms with van der Waals surface area (Å²) >= 11 is 0. The van der Waals surface area contributed by atoms with Crippen molar-refractivity contribution in [1.82, 2.24) is 0 Å². The van der Waals surface area contributed by atoms with Gasteiger partial charge in [0.25, 0.3) is 0 Å². The van der Waals surface area contributed by atoms with Crippen molar-refractivity contribution in [1.29, 1.82) is 10.5 Å². The lowest BCUT2D eigenvalue weighted by molar-refractivity contribution is 0.287. The van der Waals surface area contributed by atoms with Crippen LogP contribution in [0.25, 0.3) is 0 Å². The fourth-order valence-electron chi connectivity index (χ4n) is 2.29. The summed E-state index contributed by atoms with van der Waals surface area (Å²) in [5.74, 6) is 1.30. The second kappa shape index (κ2) is 9.92. The van der Waals surface area contributed by atoms with Crippen molar-refractivity contribution in [2.24, 2.45) is 0 Å². The molecule has 0 radical (unpaired) electrons. The van der Waals surface area contributed by atoms with Gasteiger partial charge >= 0.3 is 0 Å². The monoisotopic (exact) mass is 320 g/mol. The summed E-state index contributed by atoms with van der Waals surface area (Å²) in [5, 5.41) is 18.0. The predicted octanol–water partition coefficient (Wildman–Crippen LogP) is 4.45. The summed E-state index contributed by atoms with van der Waals surface area (Å²) in [6.07, 6.45) is 3.96. The number of hydrogen-bond donors (Lipinski definition) is 0. The molecule has 0 unspecified atom stereocenters. The summed E-state index contributed by atoms with van der Waals surface area (Å²) in [6.45, 7) is 1.22. The van der Waals surface area contributed by atoms with Gasteiger partial charge < -0.3 is 9.47 Å². The van der Waals surface area contributed by atoms with Crippen molar-refractivity contribution in [3.8, 4) is 23.6 Å². The smallest absolute Gasteiger partial charge is 0.137 e. The summed E-state index contributed by atoms with van der Waals surface area (Å²) < 4.78 is 11.3. The molecule has 0 heterocycles. The second-order valence-corrected chi connectivity index (χ2v) is 5.33. The molecule has 4 nitrogen and oxygen atoms in total. The van der Waals surface area contributed by atoms with Gasteiger partial charge in [0.1, 0.15) is 23.6 Å². The summed E-state index contributed by atoms with van der Waals surface area (Å²) in [5.41, 5.74) is 1.14. The highest BCUT2D eigenvalue weighted by Gasteiger charge is 2.02. The Morgan fingerprint density at radius 2 is 1.04 bits per heavy atom. The van der Waals surface area contributed by atoms with E-state index in [1.807, 2.05) is 36.4 Å². The molecule has 0 aliphatic carbocycles. The van der Waals surface area contributed by atoms with Crippen LogP contribution in [0.4, 0.5) is 0 Å². The first kappa shape index (κ1) is 17.4. The zero-order chi connectivity index (χ0) is 17.0. The van der Waals surface area contributed by atoms with Crippen LogP contribution >= 0.6 is 0 Å². The number of benzene rings is 2. The minimum atomic E-state index is 0.571. The highest BCUT2D eigenvalue weighted by atomic mass is 16.5. The molecule has 0 amide bonds. The van der Waals surface area contributed by atoms with E-state index in [-0.39, 0.29) is 0 Å². The van der Waals surface area contributed by atoms with Gasteiger partial charge in [-0.15, -0.1) is 0 Å². The third kappa shape index (κ3) is 5.34. The van der Waals surface area contributed by atoms with Crippen LogP contribution in [-0.2, 0) is 0 Å². The van der Waals surface area contributed by atoms with Crippen molar-refractivity contribution < 1.29 is 9.47 Å². The zero-order valence-corrected chi connectivity index (χ0v) is 13.6. The molecule has 0 saturated heterocycles. The van der Waals surface area contributed by atoms with E-state index in [2.05, 4.69) is 12.1 Å². The molecular weight excluding hydrogens is 300 g/mol. The fourth-order valence-corrected chi connectivity index (χ4v) is 2.29. The number of hydrogen-bond acceptors (Lipinski definition) is 4. The molecular formula is C20H20N2O2. The average Bonchev–Trinajstić information content (AvgIpc) is 2.64. The Balaban J connectivity index is 1.58. The molecule has 4 heteroatoms. The van der Waals surface area contributed by atoms with E-state index < -0.39 is 0 Å². The molecule has 2 rings (SSSR count). The van der Waals surface area contributed by atoms with Gasteiger partial charge in [-0.05, 0) is 49.9 Å². The van der Waals surface area contributed by atoms with Crippen molar-refractivity contribution >= 4 is 0 Å². The topological polar surface area (TPSA) is 66.0 Å². The number of nitrogens with zero attached hydrogens (tertiary/aromatic N) is 2. The lowest BCUT2D eigenvalue weighted by Crippen LogP contribution is -2.01. The quantitative estimate of drug-likeness (QED) is 0.640. The summed E-state index contributed by atoms with van der Waals surface area (Å²) in [4.78, 5) is 0. The van der Waals surface area contributed by atoms with Crippen LogP contribution < -0.4 is 9.47 Å². The number of nitriles is 2. The van der Waals surface area contributed by atoms with E-state index in [4.69, 9.17) is 20.0 Å². The SMILES string of the molecule is N#Cc1ccccc1OCCCCCCOc1ccccc1C#N. The van der Waals surface area contributed by atoms with Crippen LogP contribution in [0.5, 0.6) is 11.5 Å². The molecule has 0 fully saturated rings. The fraction of sp³-hybridized carbons (Fsp3) is 0.300. The molecule has 0 N–H and O–H groups in total. The van der Waals surface area contributed by atoms with Gasteiger partial charge in [-0.1, -0.05) is 24.3 Å². The summed E-state index contributed by atoms with van der Waals surface area (Å²) in [7, 11) is 0. The van der Waals surface area contributed by atoms with Gasteiger partial charge in [0.15, 0.2) is 0 Å². The Morgan fingerprint density at radius 1 is 0.625 bits per heavy atom. The van der Waals surface area contributed by atoms with Crippen molar-refractivity contribution in [2.75, 3.05) is 13.2 Å². The number of unbranched alkanes of at least 4 members (excludes halogenated alkanes) is 3. The molecule has 0 aliphatic heterocycles. The van der Waals surface area contributed by atoms with Gasteiger partial charge in [-0.25, -0.2) is 0 Å². The molecule has 0 bridgehead atoms. The Morgan fingerprint density at radius 3 is 1.46 bits per heavy atom. The van der Waals surface area contributed by atoms with E-state index >= 15 is 0 Å². The first-order valence-electron chi connectivity index (χ1n) is 8.09. The Kier molecular flexibility index (Phi) is 7.18.